The molecule has 0 radical (unpaired) electrons. The van der Waals surface area contributed by atoms with Crippen molar-refractivity contribution in [2.24, 2.45) is 0 Å². The highest BCUT2D eigenvalue weighted by atomic mass is 19.4. The minimum absolute atomic E-state index is 0.394. The van der Waals surface area contributed by atoms with Crippen LogP contribution in [0.3, 0.4) is 0 Å². The molecule has 0 spiro atoms. The smallest absolute Gasteiger partial charge is 0.401 e. The van der Waals surface area contributed by atoms with Crippen LogP contribution in [0.4, 0.5) is 13.2 Å². The number of alkyl halides is 3. The summed E-state index contributed by atoms with van der Waals surface area (Å²) in [5, 5.41) is 3.09. The van der Waals surface area contributed by atoms with Gasteiger partial charge in [0.1, 0.15) is 0 Å². The molecule has 0 aliphatic rings. The van der Waals surface area contributed by atoms with Crippen molar-refractivity contribution < 1.29 is 17.6 Å². The SMILES string of the molecule is CCCN(CCNCc1ccoc1)CC(F)(F)F. The fourth-order valence-electron chi connectivity index (χ4n) is 1.70. The molecule has 6 heteroatoms. The summed E-state index contributed by atoms with van der Waals surface area (Å²) < 4.78 is 41.8. The van der Waals surface area contributed by atoms with E-state index < -0.39 is 12.7 Å². The molecular weight excluding hydrogens is 245 g/mol. The van der Waals surface area contributed by atoms with Crippen molar-refractivity contribution in [2.45, 2.75) is 26.1 Å². The van der Waals surface area contributed by atoms with Gasteiger partial charge in [-0.2, -0.15) is 13.2 Å². The summed E-state index contributed by atoms with van der Waals surface area (Å²) in [5.41, 5.74) is 0.993. The van der Waals surface area contributed by atoms with Crippen molar-refractivity contribution in [1.82, 2.24) is 10.2 Å². The van der Waals surface area contributed by atoms with E-state index in [9.17, 15) is 13.2 Å². The van der Waals surface area contributed by atoms with Gasteiger partial charge in [-0.15, -0.1) is 0 Å². The number of rotatable bonds is 8. The third-order valence-corrected chi connectivity index (χ3v) is 2.46. The highest BCUT2D eigenvalue weighted by Gasteiger charge is 2.29. The maximum atomic E-state index is 12.3. The van der Waals surface area contributed by atoms with Crippen LogP contribution >= 0.6 is 0 Å². The first-order valence-electron chi connectivity index (χ1n) is 6.02. The minimum atomic E-state index is -4.13. The van der Waals surface area contributed by atoms with E-state index in [0.717, 1.165) is 12.0 Å². The van der Waals surface area contributed by atoms with Gasteiger partial charge in [-0.1, -0.05) is 6.92 Å². The number of halogens is 3. The van der Waals surface area contributed by atoms with E-state index in [4.69, 9.17) is 4.42 Å². The lowest BCUT2D eigenvalue weighted by Gasteiger charge is -2.23. The summed E-state index contributed by atoms with van der Waals surface area (Å²) >= 11 is 0. The molecule has 0 aliphatic heterocycles. The average Bonchev–Trinajstić information content (AvgIpc) is 2.75. The Labute approximate surface area is 105 Å². The van der Waals surface area contributed by atoms with Crippen LogP contribution in [-0.4, -0.2) is 37.3 Å². The van der Waals surface area contributed by atoms with Gasteiger partial charge in [-0.05, 0) is 19.0 Å². The third-order valence-electron chi connectivity index (χ3n) is 2.46. The van der Waals surface area contributed by atoms with Crippen molar-refractivity contribution >= 4 is 0 Å². The Morgan fingerprint density at radius 3 is 2.67 bits per heavy atom. The maximum absolute atomic E-state index is 12.3. The number of nitrogens with zero attached hydrogens (tertiary/aromatic N) is 1. The van der Waals surface area contributed by atoms with Gasteiger partial charge in [-0.3, -0.25) is 4.90 Å². The first-order valence-corrected chi connectivity index (χ1v) is 6.02. The van der Waals surface area contributed by atoms with Crippen LogP contribution in [0.2, 0.25) is 0 Å². The van der Waals surface area contributed by atoms with Crippen molar-refractivity contribution in [3.05, 3.63) is 24.2 Å². The highest BCUT2D eigenvalue weighted by molar-refractivity contribution is 5.04. The van der Waals surface area contributed by atoms with E-state index in [1.807, 2.05) is 13.0 Å². The van der Waals surface area contributed by atoms with Gasteiger partial charge < -0.3 is 9.73 Å². The summed E-state index contributed by atoms with van der Waals surface area (Å²) in [6.07, 6.45) is -0.214. The normalized spacial score (nSPS) is 12.3. The second kappa shape index (κ2) is 7.43. The van der Waals surface area contributed by atoms with Crippen LogP contribution in [0.25, 0.3) is 0 Å². The standard InChI is InChI=1S/C12H19F3N2O/c1-2-5-17(10-12(13,14)15)6-4-16-8-11-3-7-18-9-11/h3,7,9,16H,2,4-6,8,10H2,1H3. The molecule has 1 rings (SSSR count). The number of hydrogen-bond acceptors (Lipinski definition) is 3. The Morgan fingerprint density at radius 1 is 1.33 bits per heavy atom. The van der Waals surface area contributed by atoms with Crippen molar-refractivity contribution in [3.63, 3.8) is 0 Å². The molecule has 1 aromatic heterocycles. The molecule has 0 amide bonds. The minimum Gasteiger partial charge on any atom is -0.472 e. The Bertz CT molecular complexity index is 312. The van der Waals surface area contributed by atoms with Gasteiger partial charge in [0.15, 0.2) is 0 Å². The molecule has 0 atom stereocenters. The Hall–Kier alpha value is -1.01. The average molecular weight is 264 g/mol. The first-order chi connectivity index (χ1) is 8.51. The second-order valence-corrected chi connectivity index (χ2v) is 4.20. The van der Waals surface area contributed by atoms with Crippen LogP contribution in [0.5, 0.6) is 0 Å². The zero-order valence-corrected chi connectivity index (χ0v) is 10.5. The number of hydrogen-bond donors (Lipinski definition) is 1. The van der Waals surface area contributed by atoms with Gasteiger partial charge in [0.25, 0.3) is 0 Å². The summed E-state index contributed by atoms with van der Waals surface area (Å²) in [7, 11) is 0. The fourth-order valence-corrected chi connectivity index (χ4v) is 1.70. The van der Waals surface area contributed by atoms with Gasteiger partial charge >= 0.3 is 6.18 Å². The van der Waals surface area contributed by atoms with E-state index in [2.05, 4.69) is 5.32 Å². The monoisotopic (exact) mass is 264 g/mol. The highest BCUT2D eigenvalue weighted by Crippen LogP contribution is 2.16. The van der Waals surface area contributed by atoms with Gasteiger partial charge in [0.2, 0.25) is 0 Å². The predicted molar refractivity (Wildman–Crippen MR) is 63.2 cm³/mol. The van der Waals surface area contributed by atoms with Crippen LogP contribution in [0.15, 0.2) is 23.0 Å². The maximum Gasteiger partial charge on any atom is 0.401 e. The van der Waals surface area contributed by atoms with Crippen LogP contribution in [-0.2, 0) is 6.54 Å². The predicted octanol–water partition coefficient (Wildman–Crippen LogP) is 2.64. The molecule has 0 bridgehead atoms. The lowest BCUT2D eigenvalue weighted by Crippen LogP contribution is -2.39. The fraction of sp³-hybridized carbons (Fsp3) is 0.667. The first kappa shape index (κ1) is 15.0. The summed E-state index contributed by atoms with van der Waals surface area (Å²) in [4.78, 5) is 1.42. The van der Waals surface area contributed by atoms with E-state index in [1.165, 1.54) is 4.90 Å². The zero-order valence-electron chi connectivity index (χ0n) is 10.5. The molecule has 0 fully saturated rings. The van der Waals surface area contributed by atoms with Gasteiger partial charge in [-0.25, -0.2) is 0 Å². The second-order valence-electron chi connectivity index (χ2n) is 4.20. The third kappa shape index (κ3) is 6.66. The number of furan rings is 1. The van der Waals surface area contributed by atoms with Crippen molar-refractivity contribution in [3.8, 4) is 0 Å². The lowest BCUT2D eigenvalue weighted by atomic mass is 10.3. The molecule has 0 saturated heterocycles. The summed E-state index contributed by atoms with van der Waals surface area (Å²) in [6.45, 7) is 3.04. The molecule has 104 valence electrons. The zero-order chi connectivity index (χ0) is 13.4. The van der Waals surface area contributed by atoms with E-state index in [0.29, 0.717) is 26.2 Å². The quantitative estimate of drug-likeness (QED) is 0.732. The van der Waals surface area contributed by atoms with Gasteiger partial charge in [0, 0.05) is 25.2 Å². The van der Waals surface area contributed by atoms with E-state index in [-0.39, 0.29) is 0 Å². The topological polar surface area (TPSA) is 28.4 Å². The Balaban J connectivity index is 2.20. The van der Waals surface area contributed by atoms with Crippen molar-refractivity contribution in [1.29, 1.82) is 0 Å². The summed E-state index contributed by atoms with van der Waals surface area (Å²) in [5.74, 6) is 0. The Kier molecular flexibility index (Phi) is 6.21. The molecule has 1 aromatic rings. The van der Waals surface area contributed by atoms with Gasteiger partial charge in [0.05, 0.1) is 19.1 Å². The molecule has 1 heterocycles. The lowest BCUT2D eigenvalue weighted by molar-refractivity contribution is -0.145. The van der Waals surface area contributed by atoms with E-state index in [1.54, 1.807) is 12.5 Å². The number of nitrogens with one attached hydrogen (secondary N) is 1. The molecule has 0 unspecified atom stereocenters. The largest absolute Gasteiger partial charge is 0.472 e. The molecule has 3 nitrogen and oxygen atoms in total. The van der Waals surface area contributed by atoms with Crippen LogP contribution < -0.4 is 5.32 Å². The molecular formula is C12H19F3N2O. The molecule has 1 N–H and O–H groups in total. The van der Waals surface area contributed by atoms with Crippen LogP contribution in [0.1, 0.15) is 18.9 Å². The van der Waals surface area contributed by atoms with E-state index >= 15 is 0 Å². The molecule has 0 aliphatic carbocycles. The molecule has 18 heavy (non-hydrogen) atoms. The van der Waals surface area contributed by atoms with Crippen molar-refractivity contribution in [2.75, 3.05) is 26.2 Å². The molecule has 0 saturated carbocycles. The van der Waals surface area contributed by atoms with Crippen LogP contribution in [0, 0.1) is 0 Å². The molecule has 0 aromatic carbocycles. The summed E-state index contributed by atoms with van der Waals surface area (Å²) in [6, 6.07) is 1.83. The Morgan fingerprint density at radius 2 is 2.11 bits per heavy atom.